The van der Waals surface area contributed by atoms with E-state index in [1.54, 1.807) is 13.0 Å². The molecule has 1 aliphatic rings. The summed E-state index contributed by atoms with van der Waals surface area (Å²) in [6.07, 6.45) is 1.70. The van der Waals surface area contributed by atoms with Crippen molar-refractivity contribution in [3.8, 4) is 5.75 Å². The van der Waals surface area contributed by atoms with E-state index in [2.05, 4.69) is 15.9 Å². The molecule has 3 rings (SSSR count). The Balaban J connectivity index is 2.06. The fraction of sp³-hybridized carbons (Fsp3) is 0.182. The van der Waals surface area contributed by atoms with Gasteiger partial charge in [0, 0.05) is 10.2 Å². The number of allylic oxidation sites excluding steroid dienone is 1. The largest absolute Gasteiger partial charge is 0.494 e. The Bertz CT molecular complexity index is 976. The maximum Gasteiger partial charge on any atom is 0.340 e. The van der Waals surface area contributed by atoms with Crippen molar-refractivity contribution in [1.29, 1.82) is 0 Å². The summed E-state index contributed by atoms with van der Waals surface area (Å²) in [6, 6.07) is 14.7. The van der Waals surface area contributed by atoms with Gasteiger partial charge < -0.3 is 9.47 Å². The molecule has 1 amide bonds. The van der Waals surface area contributed by atoms with Crippen molar-refractivity contribution in [2.75, 3.05) is 18.6 Å². The summed E-state index contributed by atoms with van der Waals surface area (Å²) in [7, 11) is 1.31. The number of anilines is 1. The van der Waals surface area contributed by atoms with Crippen LogP contribution in [0.25, 0.3) is 6.08 Å². The van der Waals surface area contributed by atoms with Crippen LogP contribution in [0.2, 0.25) is 0 Å². The first kappa shape index (κ1) is 19.9. The summed E-state index contributed by atoms with van der Waals surface area (Å²) >= 11 is 3.42. The Morgan fingerprint density at radius 2 is 1.89 bits per heavy atom. The second kappa shape index (κ2) is 8.44. The van der Waals surface area contributed by atoms with Gasteiger partial charge in [-0.05, 0) is 55.8 Å². The third kappa shape index (κ3) is 3.87. The number of carbonyl (C=O) groups is 2. The van der Waals surface area contributed by atoms with Crippen molar-refractivity contribution in [2.45, 2.75) is 13.8 Å². The quantitative estimate of drug-likeness (QED) is 0.497. The van der Waals surface area contributed by atoms with Gasteiger partial charge in [-0.1, -0.05) is 34.1 Å². The Hall–Kier alpha value is -2.86. The zero-order valence-electron chi connectivity index (χ0n) is 15.9. The lowest BCUT2D eigenvalue weighted by Crippen LogP contribution is -2.24. The van der Waals surface area contributed by atoms with E-state index in [1.165, 1.54) is 12.0 Å². The molecule has 2 aromatic rings. The van der Waals surface area contributed by atoms with E-state index in [9.17, 15) is 9.59 Å². The number of benzene rings is 2. The number of hydrogen-bond donors (Lipinski definition) is 0. The first-order chi connectivity index (χ1) is 13.5. The molecule has 0 bridgehead atoms. The molecule has 0 radical (unpaired) electrons. The standard InChI is InChI=1S/C22H20BrNO4/c1-4-28-18-10-8-15(9-11-18)12-19-20(22(26)27-3)14(2)24(21(19)25)17-7-5-6-16(23)13-17/h5-13H,4H2,1-3H3/b19-12-. The van der Waals surface area contributed by atoms with Crippen molar-refractivity contribution in [3.63, 3.8) is 0 Å². The van der Waals surface area contributed by atoms with Gasteiger partial charge >= 0.3 is 5.97 Å². The molecule has 0 saturated carbocycles. The summed E-state index contributed by atoms with van der Waals surface area (Å²) in [6.45, 7) is 4.23. The molecular weight excluding hydrogens is 422 g/mol. The van der Waals surface area contributed by atoms with E-state index in [1.807, 2.05) is 55.5 Å². The Morgan fingerprint density at radius 3 is 2.50 bits per heavy atom. The van der Waals surface area contributed by atoms with Crippen LogP contribution >= 0.6 is 15.9 Å². The van der Waals surface area contributed by atoms with Gasteiger partial charge in [0.05, 0.1) is 30.6 Å². The van der Waals surface area contributed by atoms with Gasteiger partial charge in [-0.25, -0.2) is 4.79 Å². The highest BCUT2D eigenvalue weighted by Crippen LogP contribution is 2.36. The van der Waals surface area contributed by atoms with E-state index in [0.29, 0.717) is 23.6 Å². The van der Waals surface area contributed by atoms with Gasteiger partial charge in [0.15, 0.2) is 0 Å². The van der Waals surface area contributed by atoms with Crippen LogP contribution in [0.3, 0.4) is 0 Å². The second-order valence-corrected chi connectivity index (χ2v) is 7.05. The van der Waals surface area contributed by atoms with E-state index in [-0.39, 0.29) is 11.5 Å². The Kier molecular flexibility index (Phi) is 5.99. The van der Waals surface area contributed by atoms with Gasteiger partial charge in [-0.3, -0.25) is 9.69 Å². The number of rotatable bonds is 5. The third-order valence-corrected chi connectivity index (χ3v) is 4.85. The van der Waals surface area contributed by atoms with Gasteiger partial charge in [0.1, 0.15) is 5.75 Å². The molecule has 2 aromatic carbocycles. The van der Waals surface area contributed by atoms with Gasteiger partial charge in [-0.2, -0.15) is 0 Å². The van der Waals surface area contributed by atoms with E-state index >= 15 is 0 Å². The number of esters is 1. The molecule has 0 saturated heterocycles. The molecule has 0 aromatic heterocycles. The number of hydrogen-bond acceptors (Lipinski definition) is 4. The molecule has 28 heavy (non-hydrogen) atoms. The van der Waals surface area contributed by atoms with Crippen molar-refractivity contribution in [1.82, 2.24) is 0 Å². The molecule has 1 heterocycles. The maximum atomic E-state index is 13.2. The van der Waals surface area contributed by atoms with Crippen LogP contribution in [0.15, 0.2) is 69.8 Å². The van der Waals surface area contributed by atoms with E-state index in [4.69, 9.17) is 9.47 Å². The number of ether oxygens (including phenoxy) is 2. The predicted octanol–water partition coefficient (Wildman–Crippen LogP) is 4.73. The normalized spacial score (nSPS) is 15.4. The Morgan fingerprint density at radius 1 is 1.18 bits per heavy atom. The van der Waals surface area contributed by atoms with Crippen LogP contribution in [-0.2, 0) is 14.3 Å². The minimum absolute atomic E-state index is 0.265. The topological polar surface area (TPSA) is 55.8 Å². The molecule has 0 atom stereocenters. The molecule has 0 unspecified atom stereocenters. The molecule has 0 aliphatic carbocycles. The average Bonchev–Trinajstić information content (AvgIpc) is 2.93. The maximum absolute atomic E-state index is 13.2. The second-order valence-electron chi connectivity index (χ2n) is 6.13. The lowest BCUT2D eigenvalue weighted by Gasteiger charge is -2.18. The van der Waals surface area contributed by atoms with Crippen LogP contribution in [0.4, 0.5) is 5.69 Å². The molecule has 5 nitrogen and oxygen atoms in total. The van der Waals surface area contributed by atoms with E-state index in [0.717, 1.165) is 15.8 Å². The minimum Gasteiger partial charge on any atom is -0.494 e. The lowest BCUT2D eigenvalue weighted by molar-refractivity contribution is -0.136. The lowest BCUT2D eigenvalue weighted by atomic mass is 10.0. The fourth-order valence-corrected chi connectivity index (χ4v) is 3.49. The number of methoxy groups -OCH3 is 1. The van der Waals surface area contributed by atoms with Gasteiger partial charge in [0.25, 0.3) is 5.91 Å². The van der Waals surface area contributed by atoms with Crippen molar-refractivity contribution < 1.29 is 19.1 Å². The van der Waals surface area contributed by atoms with Crippen molar-refractivity contribution in [3.05, 3.63) is 75.4 Å². The summed E-state index contributed by atoms with van der Waals surface area (Å²) in [4.78, 5) is 27.2. The molecule has 144 valence electrons. The fourth-order valence-electron chi connectivity index (χ4n) is 3.10. The highest BCUT2D eigenvalue weighted by atomic mass is 79.9. The molecule has 0 fully saturated rings. The van der Waals surface area contributed by atoms with Crippen LogP contribution in [0.5, 0.6) is 5.75 Å². The molecule has 0 spiro atoms. The first-order valence-electron chi connectivity index (χ1n) is 8.80. The average molecular weight is 442 g/mol. The Labute approximate surface area is 172 Å². The highest BCUT2D eigenvalue weighted by Gasteiger charge is 2.37. The summed E-state index contributed by atoms with van der Waals surface area (Å²) in [5.41, 5.74) is 2.56. The zero-order chi connectivity index (χ0) is 20.3. The molecule has 6 heteroatoms. The zero-order valence-corrected chi connectivity index (χ0v) is 17.4. The van der Waals surface area contributed by atoms with Crippen LogP contribution < -0.4 is 9.64 Å². The summed E-state index contributed by atoms with van der Waals surface area (Å²) in [5.74, 6) is -0.0662. The predicted molar refractivity (Wildman–Crippen MR) is 112 cm³/mol. The van der Waals surface area contributed by atoms with E-state index < -0.39 is 5.97 Å². The van der Waals surface area contributed by atoms with Crippen LogP contribution in [0, 0.1) is 0 Å². The van der Waals surface area contributed by atoms with Crippen molar-refractivity contribution in [2.24, 2.45) is 0 Å². The third-order valence-electron chi connectivity index (χ3n) is 4.36. The minimum atomic E-state index is -0.541. The SMILES string of the molecule is CCOc1ccc(/C=C2\C(=O)N(c3cccc(Br)c3)C(C)=C2C(=O)OC)cc1. The number of carbonyl (C=O) groups excluding carboxylic acids is 2. The molecule has 0 N–H and O–H groups in total. The van der Waals surface area contributed by atoms with Gasteiger partial charge in [0.2, 0.25) is 0 Å². The first-order valence-corrected chi connectivity index (χ1v) is 9.59. The van der Waals surface area contributed by atoms with Crippen LogP contribution in [-0.4, -0.2) is 25.6 Å². The monoisotopic (exact) mass is 441 g/mol. The smallest absolute Gasteiger partial charge is 0.340 e. The molecular formula is C22H20BrNO4. The van der Waals surface area contributed by atoms with Crippen molar-refractivity contribution >= 4 is 39.6 Å². The highest BCUT2D eigenvalue weighted by molar-refractivity contribution is 9.10. The number of halogens is 1. The number of nitrogens with zero attached hydrogens (tertiary/aromatic N) is 1. The summed E-state index contributed by atoms with van der Waals surface area (Å²) < 4.78 is 11.2. The summed E-state index contributed by atoms with van der Waals surface area (Å²) in [5, 5.41) is 0. The van der Waals surface area contributed by atoms with Gasteiger partial charge in [-0.15, -0.1) is 0 Å². The van der Waals surface area contributed by atoms with Crippen LogP contribution in [0.1, 0.15) is 19.4 Å². The molecule has 1 aliphatic heterocycles. The number of amides is 1.